The zero-order valence-corrected chi connectivity index (χ0v) is 11.8. The first-order chi connectivity index (χ1) is 8.56. The van der Waals surface area contributed by atoms with Crippen LogP contribution in [0.5, 0.6) is 0 Å². The van der Waals surface area contributed by atoms with Crippen LogP contribution in [0, 0.1) is 0 Å². The summed E-state index contributed by atoms with van der Waals surface area (Å²) in [5.74, 6) is 0.153. The highest BCUT2D eigenvalue weighted by molar-refractivity contribution is 7.91. The molecule has 0 aliphatic heterocycles. The Hall–Kier alpha value is -1.07. The molecule has 0 spiro atoms. The lowest BCUT2D eigenvalue weighted by Crippen LogP contribution is -2.28. The fourth-order valence-electron chi connectivity index (χ4n) is 1.93. The Morgan fingerprint density at radius 2 is 1.89 bits per heavy atom. The van der Waals surface area contributed by atoms with Crippen LogP contribution in [0.4, 0.5) is 5.69 Å². The first kappa shape index (κ1) is 15.0. The number of rotatable bonds is 7. The number of hydrogen-bond acceptors (Lipinski definition) is 4. The zero-order valence-electron chi connectivity index (χ0n) is 11.0. The second-order valence-electron chi connectivity index (χ2n) is 4.09. The van der Waals surface area contributed by atoms with E-state index < -0.39 is 9.84 Å². The fourth-order valence-corrected chi connectivity index (χ4v) is 3.49. The summed E-state index contributed by atoms with van der Waals surface area (Å²) in [5, 5.41) is 9.04. The maximum Gasteiger partial charge on any atom is 0.180 e. The molecule has 0 atom stereocenters. The van der Waals surface area contributed by atoms with Gasteiger partial charge in [-0.2, -0.15) is 0 Å². The van der Waals surface area contributed by atoms with E-state index in [0.29, 0.717) is 30.1 Å². The molecule has 0 amide bonds. The molecule has 0 bridgehead atoms. The van der Waals surface area contributed by atoms with E-state index in [-0.39, 0.29) is 12.4 Å². The topological polar surface area (TPSA) is 57.6 Å². The third kappa shape index (κ3) is 3.46. The molecule has 1 aromatic carbocycles. The second kappa shape index (κ2) is 6.75. The Labute approximate surface area is 109 Å². The van der Waals surface area contributed by atoms with Crippen LogP contribution in [-0.4, -0.2) is 39.0 Å². The average molecular weight is 271 g/mol. The smallest absolute Gasteiger partial charge is 0.180 e. The van der Waals surface area contributed by atoms with E-state index in [1.54, 1.807) is 18.2 Å². The molecule has 0 aromatic heterocycles. The van der Waals surface area contributed by atoms with Crippen molar-refractivity contribution in [2.45, 2.75) is 25.2 Å². The molecular formula is C13H21NO3S. The summed E-state index contributed by atoms with van der Waals surface area (Å²) in [6.07, 6.45) is 0.600. The molecule has 1 N–H and O–H groups in total. The number of sulfone groups is 1. The minimum atomic E-state index is -3.24. The highest BCUT2D eigenvalue weighted by Gasteiger charge is 2.19. The normalized spacial score (nSPS) is 11.5. The van der Waals surface area contributed by atoms with Crippen LogP contribution >= 0.6 is 0 Å². The molecule has 5 heteroatoms. The summed E-state index contributed by atoms with van der Waals surface area (Å²) in [7, 11) is -3.24. The molecule has 1 rings (SSSR count). The zero-order chi connectivity index (χ0) is 13.6. The van der Waals surface area contributed by atoms with Crippen molar-refractivity contribution in [3.63, 3.8) is 0 Å². The van der Waals surface area contributed by atoms with E-state index in [4.69, 9.17) is 5.11 Å². The maximum atomic E-state index is 12.2. The third-order valence-electron chi connectivity index (χ3n) is 2.77. The molecule has 0 aliphatic rings. The van der Waals surface area contributed by atoms with Crippen molar-refractivity contribution in [2.75, 3.05) is 30.3 Å². The monoisotopic (exact) mass is 271 g/mol. The fraction of sp³-hybridized carbons (Fsp3) is 0.538. The van der Waals surface area contributed by atoms with Crippen molar-refractivity contribution in [3.05, 3.63) is 24.3 Å². The van der Waals surface area contributed by atoms with Gasteiger partial charge in [-0.3, -0.25) is 0 Å². The van der Waals surface area contributed by atoms with Gasteiger partial charge in [-0.15, -0.1) is 0 Å². The molecule has 4 nitrogen and oxygen atoms in total. The molecule has 0 saturated heterocycles. The molecule has 0 fully saturated rings. The molecule has 18 heavy (non-hydrogen) atoms. The van der Waals surface area contributed by atoms with Crippen LogP contribution in [0.25, 0.3) is 0 Å². The number of likely N-dealkylation sites (N-methyl/N-ethyl adjacent to an activating group) is 1. The van der Waals surface area contributed by atoms with E-state index in [9.17, 15) is 8.42 Å². The summed E-state index contributed by atoms with van der Waals surface area (Å²) in [6.45, 7) is 4.91. The minimum absolute atomic E-state index is 0.00992. The quantitative estimate of drug-likeness (QED) is 0.820. The van der Waals surface area contributed by atoms with Crippen LogP contribution in [0.15, 0.2) is 29.2 Å². The summed E-state index contributed by atoms with van der Waals surface area (Å²) >= 11 is 0. The lowest BCUT2D eigenvalue weighted by Gasteiger charge is -2.24. The largest absolute Gasteiger partial charge is 0.395 e. The van der Waals surface area contributed by atoms with Gasteiger partial charge in [0.25, 0.3) is 0 Å². The van der Waals surface area contributed by atoms with Gasteiger partial charge in [-0.05, 0) is 25.5 Å². The summed E-state index contributed by atoms with van der Waals surface area (Å²) in [6, 6.07) is 6.99. The predicted molar refractivity (Wildman–Crippen MR) is 73.8 cm³/mol. The van der Waals surface area contributed by atoms with E-state index in [0.717, 1.165) is 0 Å². The lowest BCUT2D eigenvalue weighted by molar-refractivity contribution is 0.302. The number of hydrogen-bond donors (Lipinski definition) is 1. The predicted octanol–water partition coefficient (Wildman–Crippen LogP) is 1.69. The number of benzene rings is 1. The van der Waals surface area contributed by atoms with Crippen molar-refractivity contribution in [2.24, 2.45) is 0 Å². The van der Waals surface area contributed by atoms with E-state index >= 15 is 0 Å². The highest BCUT2D eigenvalue weighted by atomic mass is 32.2. The standard InChI is InChI=1S/C13H21NO3S/c1-3-11-18(16,17)13-8-6-5-7-12(13)14(4-2)9-10-15/h5-8,15H,3-4,9-11H2,1-2H3. The van der Waals surface area contributed by atoms with Crippen molar-refractivity contribution in [1.82, 2.24) is 0 Å². The highest BCUT2D eigenvalue weighted by Crippen LogP contribution is 2.26. The molecule has 0 aliphatic carbocycles. The Morgan fingerprint density at radius 1 is 1.22 bits per heavy atom. The van der Waals surface area contributed by atoms with Gasteiger partial charge in [0.05, 0.1) is 22.9 Å². The molecule has 0 saturated carbocycles. The average Bonchev–Trinajstić information content (AvgIpc) is 2.36. The van der Waals surface area contributed by atoms with Crippen LogP contribution in [-0.2, 0) is 9.84 Å². The van der Waals surface area contributed by atoms with E-state index in [2.05, 4.69) is 0 Å². The first-order valence-electron chi connectivity index (χ1n) is 6.24. The molecule has 0 radical (unpaired) electrons. The van der Waals surface area contributed by atoms with E-state index in [1.807, 2.05) is 24.8 Å². The van der Waals surface area contributed by atoms with Gasteiger partial charge < -0.3 is 10.0 Å². The number of anilines is 1. The first-order valence-corrected chi connectivity index (χ1v) is 7.89. The van der Waals surface area contributed by atoms with Gasteiger partial charge in [-0.25, -0.2) is 8.42 Å². The second-order valence-corrected chi connectivity index (χ2v) is 6.17. The van der Waals surface area contributed by atoms with Gasteiger partial charge in [0.2, 0.25) is 0 Å². The van der Waals surface area contributed by atoms with Gasteiger partial charge in [0, 0.05) is 13.1 Å². The number of aliphatic hydroxyl groups excluding tert-OH is 1. The molecule has 0 unspecified atom stereocenters. The molecule has 1 aromatic rings. The molecular weight excluding hydrogens is 250 g/mol. The van der Waals surface area contributed by atoms with Crippen molar-refractivity contribution >= 4 is 15.5 Å². The lowest BCUT2D eigenvalue weighted by atomic mass is 10.3. The van der Waals surface area contributed by atoms with Crippen LogP contribution < -0.4 is 4.90 Å². The Kier molecular flexibility index (Phi) is 5.62. The Balaban J connectivity index is 3.21. The van der Waals surface area contributed by atoms with Gasteiger partial charge >= 0.3 is 0 Å². The van der Waals surface area contributed by atoms with Gasteiger partial charge in [0.15, 0.2) is 9.84 Å². The Bertz CT molecular complexity index is 471. The van der Waals surface area contributed by atoms with Gasteiger partial charge in [-0.1, -0.05) is 19.1 Å². The maximum absolute atomic E-state index is 12.2. The molecule has 102 valence electrons. The van der Waals surface area contributed by atoms with Crippen LogP contribution in [0.2, 0.25) is 0 Å². The van der Waals surface area contributed by atoms with Crippen molar-refractivity contribution < 1.29 is 13.5 Å². The number of aliphatic hydroxyl groups is 1. The van der Waals surface area contributed by atoms with Crippen molar-refractivity contribution in [1.29, 1.82) is 0 Å². The SMILES string of the molecule is CCCS(=O)(=O)c1ccccc1N(CC)CCO. The minimum Gasteiger partial charge on any atom is -0.395 e. The number of nitrogens with zero attached hydrogens (tertiary/aromatic N) is 1. The third-order valence-corrected chi connectivity index (χ3v) is 4.73. The van der Waals surface area contributed by atoms with Crippen LogP contribution in [0.1, 0.15) is 20.3 Å². The summed E-state index contributed by atoms with van der Waals surface area (Å²) in [5.41, 5.74) is 0.683. The Morgan fingerprint density at radius 3 is 2.44 bits per heavy atom. The van der Waals surface area contributed by atoms with E-state index in [1.165, 1.54) is 0 Å². The number of para-hydroxylation sites is 1. The molecule has 0 heterocycles. The summed E-state index contributed by atoms with van der Waals surface area (Å²) in [4.78, 5) is 2.24. The van der Waals surface area contributed by atoms with Gasteiger partial charge in [0.1, 0.15) is 0 Å². The summed E-state index contributed by atoms with van der Waals surface area (Å²) < 4.78 is 24.4. The van der Waals surface area contributed by atoms with Crippen LogP contribution in [0.3, 0.4) is 0 Å². The van der Waals surface area contributed by atoms with Crippen molar-refractivity contribution in [3.8, 4) is 0 Å².